The minimum absolute atomic E-state index is 0.138. The van der Waals surface area contributed by atoms with Gasteiger partial charge in [0.1, 0.15) is 11.5 Å². The zero-order chi connectivity index (χ0) is 25.7. The van der Waals surface area contributed by atoms with Crippen molar-refractivity contribution >= 4 is 10.9 Å². The first-order chi connectivity index (χ1) is 14.7. The van der Waals surface area contributed by atoms with Crippen molar-refractivity contribution in [3.05, 3.63) is 46.5 Å². The van der Waals surface area contributed by atoms with Crippen molar-refractivity contribution in [2.24, 2.45) is 0 Å². The molecule has 2 aromatic rings. The van der Waals surface area contributed by atoms with E-state index in [2.05, 4.69) is 114 Å². The average Bonchev–Trinajstić information content (AvgIpc) is 2.57. The van der Waals surface area contributed by atoms with Gasteiger partial charge in [0.25, 0.3) is 0 Å². The maximum absolute atomic E-state index is 11.5. The largest absolute Gasteiger partial charge is 0.507 e. The van der Waals surface area contributed by atoms with Gasteiger partial charge in [0, 0.05) is 11.1 Å². The molecule has 2 nitrogen and oxygen atoms in total. The molecule has 0 unspecified atom stereocenters. The van der Waals surface area contributed by atoms with Gasteiger partial charge in [-0.25, -0.2) is 0 Å². The van der Waals surface area contributed by atoms with E-state index in [1.54, 1.807) is 0 Å². The molecule has 0 aliphatic rings. The number of rotatable bonds is 3. The number of phenolic OH excluding ortho intramolecular Hbond substituents is 2. The van der Waals surface area contributed by atoms with Crippen molar-refractivity contribution in [2.75, 3.05) is 5.75 Å². The molecular formula is C30H48O2S. The highest BCUT2D eigenvalue weighted by Crippen LogP contribution is 2.56. The third-order valence-electron chi connectivity index (χ3n) is 6.33. The van der Waals surface area contributed by atoms with Gasteiger partial charge in [-0.15, -0.1) is 0 Å². The molecule has 0 aromatic heterocycles. The summed E-state index contributed by atoms with van der Waals surface area (Å²) in [7, 11) is -0.768. The molecule has 0 bridgehead atoms. The summed E-state index contributed by atoms with van der Waals surface area (Å²) in [6.45, 7) is 28.3. The minimum Gasteiger partial charge on any atom is -0.507 e. The van der Waals surface area contributed by atoms with E-state index in [0.29, 0.717) is 11.5 Å². The van der Waals surface area contributed by atoms with Crippen LogP contribution in [0.5, 0.6) is 11.5 Å². The van der Waals surface area contributed by atoms with E-state index < -0.39 is 10.9 Å². The van der Waals surface area contributed by atoms with Crippen LogP contribution in [0.4, 0.5) is 0 Å². The summed E-state index contributed by atoms with van der Waals surface area (Å²) < 4.78 is 0. The molecule has 2 rings (SSSR count). The van der Waals surface area contributed by atoms with Gasteiger partial charge in [-0.05, 0) is 60.5 Å². The Bertz CT molecular complexity index is 925. The van der Waals surface area contributed by atoms with E-state index in [1.165, 1.54) is 9.79 Å². The first kappa shape index (κ1) is 27.6. The normalized spacial score (nSPS) is 13.9. The second-order valence-corrected chi connectivity index (χ2v) is 15.9. The highest BCUT2D eigenvalue weighted by molar-refractivity contribution is 8.17. The van der Waals surface area contributed by atoms with E-state index >= 15 is 0 Å². The number of hydrogen-bond acceptors (Lipinski definition) is 2. The summed E-state index contributed by atoms with van der Waals surface area (Å²) in [5.74, 6) is 1.81. The van der Waals surface area contributed by atoms with Crippen molar-refractivity contribution in [1.82, 2.24) is 0 Å². The molecule has 2 N–H and O–H groups in total. The van der Waals surface area contributed by atoms with E-state index in [-0.39, 0.29) is 21.7 Å². The monoisotopic (exact) mass is 472 g/mol. The van der Waals surface area contributed by atoms with Crippen molar-refractivity contribution in [3.63, 3.8) is 0 Å². The van der Waals surface area contributed by atoms with Gasteiger partial charge < -0.3 is 10.2 Å². The number of benzene rings is 2. The van der Waals surface area contributed by atoms with Crippen molar-refractivity contribution < 1.29 is 10.2 Å². The molecule has 0 spiro atoms. The zero-order valence-corrected chi connectivity index (χ0v) is 24.3. The van der Waals surface area contributed by atoms with Gasteiger partial charge in [-0.3, -0.25) is 0 Å². The zero-order valence-electron chi connectivity index (χ0n) is 23.4. The van der Waals surface area contributed by atoms with Gasteiger partial charge in [-0.2, -0.15) is 10.9 Å². The van der Waals surface area contributed by atoms with Gasteiger partial charge in [0.15, 0.2) is 0 Å². The van der Waals surface area contributed by atoms with Crippen LogP contribution in [0.25, 0.3) is 0 Å². The van der Waals surface area contributed by atoms with Crippen LogP contribution in [0.2, 0.25) is 0 Å². The molecule has 3 heteroatoms. The molecule has 0 atom stereocenters. The van der Waals surface area contributed by atoms with Crippen LogP contribution in [0.15, 0.2) is 34.1 Å². The lowest BCUT2D eigenvalue weighted by Gasteiger charge is -2.37. The number of aromatic hydroxyl groups is 2. The van der Waals surface area contributed by atoms with Crippen LogP contribution in [0.3, 0.4) is 0 Å². The Morgan fingerprint density at radius 3 is 1.06 bits per heavy atom. The summed E-state index contributed by atoms with van der Waals surface area (Å²) in [4.78, 5) is 2.44. The first-order valence-electron chi connectivity index (χ1n) is 12.2. The summed E-state index contributed by atoms with van der Waals surface area (Å²) in [5, 5.41) is 23.1. The molecule has 0 aliphatic heterocycles. The summed E-state index contributed by atoms with van der Waals surface area (Å²) >= 11 is 0. The van der Waals surface area contributed by atoms with Gasteiger partial charge in [-0.1, -0.05) is 102 Å². The van der Waals surface area contributed by atoms with Crippen molar-refractivity contribution in [2.45, 2.75) is 121 Å². The Labute approximate surface area is 206 Å². The predicted molar refractivity (Wildman–Crippen MR) is 147 cm³/mol. The van der Waals surface area contributed by atoms with Crippen LogP contribution in [-0.4, -0.2) is 16.0 Å². The topological polar surface area (TPSA) is 40.5 Å². The van der Waals surface area contributed by atoms with E-state index in [0.717, 1.165) is 28.0 Å². The van der Waals surface area contributed by atoms with Crippen LogP contribution in [-0.2, 0) is 21.7 Å². The fraction of sp³-hybridized carbons (Fsp3) is 0.600. The third kappa shape index (κ3) is 5.56. The first-order valence-corrected chi connectivity index (χ1v) is 13.8. The van der Waals surface area contributed by atoms with E-state index in [1.807, 2.05) is 0 Å². The quantitative estimate of drug-likeness (QED) is 0.391. The molecule has 186 valence electrons. The maximum atomic E-state index is 11.5. The molecule has 2 aromatic carbocycles. The third-order valence-corrected chi connectivity index (χ3v) is 8.87. The summed E-state index contributed by atoms with van der Waals surface area (Å²) in [5.41, 5.74) is 3.39. The van der Waals surface area contributed by atoms with E-state index in [4.69, 9.17) is 0 Å². The lowest BCUT2D eigenvalue weighted by atomic mass is 9.79. The molecule has 0 aliphatic carbocycles. The van der Waals surface area contributed by atoms with Crippen molar-refractivity contribution in [3.8, 4) is 11.5 Å². The second kappa shape index (κ2) is 8.87. The van der Waals surface area contributed by atoms with Gasteiger partial charge >= 0.3 is 0 Å². The standard InChI is InChI=1S/C30H48O2S/c1-14-33(21-17-15-19(27(2,3)4)25(31)23(21)29(8,9)10)22-18-16-20(28(5,6)7)26(32)24(22)30(11,12)13/h15-18,31-33H,14H2,1-13H3. The van der Waals surface area contributed by atoms with Gasteiger partial charge in [0.2, 0.25) is 0 Å². The molecule has 0 amide bonds. The van der Waals surface area contributed by atoms with Crippen LogP contribution >= 0.6 is 10.9 Å². The highest BCUT2D eigenvalue weighted by Gasteiger charge is 2.34. The average molecular weight is 473 g/mol. The number of hydrogen-bond donors (Lipinski definition) is 3. The molecule has 33 heavy (non-hydrogen) atoms. The Morgan fingerprint density at radius 1 is 0.545 bits per heavy atom. The highest BCUT2D eigenvalue weighted by atomic mass is 32.2. The molecular weight excluding hydrogens is 424 g/mol. The fourth-order valence-electron chi connectivity index (χ4n) is 4.77. The number of thiol groups is 1. The Kier molecular flexibility index (Phi) is 7.43. The van der Waals surface area contributed by atoms with E-state index in [9.17, 15) is 10.2 Å². The van der Waals surface area contributed by atoms with Crippen LogP contribution in [0.1, 0.15) is 112 Å². The number of phenols is 2. The molecule has 0 saturated heterocycles. The summed E-state index contributed by atoms with van der Waals surface area (Å²) in [6, 6.07) is 8.73. The summed E-state index contributed by atoms with van der Waals surface area (Å²) in [6.07, 6.45) is 0. The molecule has 0 heterocycles. The maximum Gasteiger partial charge on any atom is 0.124 e. The predicted octanol–water partition coefficient (Wildman–Crippen LogP) is 8.73. The van der Waals surface area contributed by atoms with Gasteiger partial charge in [0.05, 0.1) is 0 Å². The van der Waals surface area contributed by atoms with Crippen LogP contribution in [0, 0.1) is 0 Å². The fourth-order valence-corrected chi connectivity index (χ4v) is 7.64. The molecule has 0 saturated carbocycles. The lowest BCUT2D eigenvalue weighted by Crippen LogP contribution is -2.20. The lowest BCUT2D eigenvalue weighted by molar-refractivity contribution is 0.418. The molecule has 0 fully saturated rings. The van der Waals surface area contributed by atoms with Crippen molar-refractivity contribution in [1.29, 1.82) is 0 Å². The Balaban J connectivity index is 2.95. The smallest absolute Gasteiger partial charge is 0.124 e. The van der Waals surface area contributed by atoms with Crippen LogP contribution < -0.4 is 0 Å². The second-order valence-electron chi connectivity index (χ2n) is 13.5. The Morgan fingerprint density at radius 2 is 0.848 bits per heavy atom. The Hall–Kier alpha value is -1.61. The minimum atomic E-state index is -0.768. The SMILES string of the molecule is CC[SH](c1ccc(C(C)(C)C)c(O)c1C(C)(C)C)c1ccc(C(C)(C)C)c(O)c1C(C)(C)C. The molecule has 0 radical (unpaired) electrons.